The fraction of sp³-hybridized carbons (Fsp3) is 0.381. The Morgan fingerprint density at radius 2 is 1.56 bits per heavy atom. The van der Waals surface area contributed by atoms with E-state index in [2.05, 4.69) is 5.32 Å². The Labute approximate surface area is 161 Å². The number of aryl methyl sites for hydroxylation is 3. The Morgan fingerprint density at radius 3 is 2.19 bits per heavy atom. The van der Waals surface area contributed by atoms with Crippen molar-refractivity contribution in [3.05, 3.63) is 58.7 Å². The molecule has 0 aromatic heterocycles. The Kier molecular flexibility index (Phi) is 5.67. The molecule has 1 aliphatic rings. The van der Waals surface area contributed by atoms with Crippen molar-refractivity contribution < 1.29 is 13.2 Å². The molecule has 1 aliphatic heterocycles. The minimum Gasteiger partial charge on any atom is -0.322 e. The summed E-state index contributed by atoms with van der Waals surface area (Å²) in [6.07, 6.45) is 2.82. The van der Waals surface area contributed by atoms with E-state index in [0.717, 1.165) is 36.0 Å². The lowest BCUT2D eigenvalue weighted by molar-refractivity contribution is 0.102. The van der Waals surface area contributed by atoms with Crippen LogP contribution in [0.15, 0.2) is 41.3 Å². The van der Waals surface area contributed by atoms with Gasteiger partial charge in [0.2, 0.25) is 10.0 Å². The number of amides is 1. The molecule has 0 bridgehead atoms. The predicted octanol–water partition coefficient (Wildman–Crippen LogP) is 4.04. The highest BCUT2D eigenvalue weighted by Gasteiger charge is 2.27. The third kappa shape index (κ3) is 4.39. The van der Waals surface area contributed by atoms with E-state index in [1.54, 1.807) is 12.1 Å². The normalized spacial score (nSPS) is 15.5. The van der Waals surface area contributed by atoms with Gasteiger partial charge in [-0.25, -0.2) is 8.42 Å². The summed E-state index contributed by atoms with van der Waals surface area (Å²) in [4.78, 5) is 13.0. The second kappa shape index (κ2) is 7.82. The third-order valence-electron chi connectivity index (χ3n) is 4.89. The molecule has 1 amide bonds. The molecule has 2 aromatic carbocycles. The molecule has 1 fully saturated rings. The van der Waals surface area contributed by atoms with Crippen molar-refractivity contribution in [2.45, 2.75) is 44.9 Å². The van der Waals surface area contributed by atoms with Crippen molar-refractivity contribution in [1.29, 1.82) is 0 Å². The Balaban J connectivity index is 1.89. The SMILES string of the molecule is Cc1cc(C)cc(NC(=O)c2cc(S(=O)(=O)N3CCCCC3)ccc2C)c1. The fourth-order valence-electron chi connectivity index (χ4n) is 3.51. The summed E-state index contributed by atoms with van der Waals surface area (Å²) < 4.78 is 27.4. The first-order chi connectivity index (χ1) is 12.8. The van der Waals surface area contributed by atoms with Crippen molar-refractivity contribution in [2.24, 2.45) is 0 Å². The lowest BCUT2D eigenvalue weighted by atomic mass is 10.1. The number of piperidine rings is 1. The first-order valence-corrected chi connectivity index (χ1v) is 10.7. The van der Waals surface area contributed by atoms with E-state index >= 15 is 0 Å². The van der Waals surface area contributed by atoms with Crippen LogP contribution < -0.4 is 5.32 Å². The van der Waals surface area contributed by atoms with Crippen LogP contribution in [0.4, 0.5) is 5.69 Å². The zero-order chi connectivity index (χ0) is 19.6. The number of hydrogen-bond acceptors (Lipinski definition) is 3. The van der Waals surface area contributed by atoms with Crippen molar-refractivity contribution in [1.82, 2.24) is 4.31 Å². The van der Waals surface area contributed by atoms with Crippen LogP contribution in [0.1, 0.15) is 46.3 Å². The van der Waals surface area contributed by atoms with Gasteiger partial charge in [-0.1, -0.05) is 18.6 Å². The van der Waals surface area contributed by atoms with Gasteiger partial charge in [-0.2, -0.15) is 4.31 Å². The van der Waals surface area contributed by atoms with Gasteiger partial charge in [0.05, 0.1) is 4.90 Å². The molecule has 1 saturated heterocycles. The summed E-state index contributed by atoms with van der Waals surface area (Å²) in [6.45, 7) is 6.84. The van der Waals surface area contributed by atoms with Crippen LogP contribution in [-0.4, -0.2) is 31.7 Å². The van der Waals surface area contributed by atoms with Crippen molar-refractivity contribution in [2.75, 3.05) is 18.4 Å². The maximum Gasteiger partial charge on any atom is 0.255 e. The second-order valence-electron chi connectivity index (χ2n) is 7.27. The molecule has 1 heterocycles. The van der Waals surface area contributed by atoms with Gasteiger partial charge in [0.1, 0.15) is 0 Å². The molecular formula is C21H26N2O3S. The number of hydrogen-bond donors (Lipinski definition) is 1. The van der Waals surface area contributed by atoms with E-state index in [1.807, 2.05) is 39.0 Å². The molecule has 0 spiro atoms. The van der Waals surface area contributed by atoms with Gasteiger partial charge in [0.25, 0.3) is 5.91 Å². The molecule has 2 aromatic rings. The van der Waals surface area contributed by atoms with Crippen LogP contribution in [0.3, 0.4) is 0 Å². The Hall–Kier alpha value is -2.18. The number of benzene rings is 2. The standard InChI is InChI=1S/C21H26N2O3S/c1-15-11-16(2)13-18(12-15)22-21(24)20-14-19(8-7-17(20)3)27(25,26)23-9-5-4-6-10-23/h7-8,11-14H,4-6,9-10H2,1-3H3,(H,22,24). The predicted molar refractivity (Wildman–Crippen MR) is 108 cm³/mol. The van der Waals surface area contributed by atoms with Crippen molar-refractivity contribution in [3.8, 4) is 0 Å². The molecule has 0 radical (unpaired) electrons. The van der Waals surface area contributed by atoms with Crippen LogP contribution in [0.2, 0.25) is 0 Å². The van der Waals surface area contributed by atoms with Gasteiger partial charge >= 0.3 is 0 Å². The average Bonchev–Trinajstić information content (AvgIpc) is 2.61. The summed E-state index contributed by atoms with van der Waals surface area (Å²) in [5, 5.41) is 2.89. The molecule has 0 atom stereocenters. The molecule has 0 saturated carbocycles. The monoisotopic (exact) mass is 386 g/mol. The first kappa shape index (κ1) is 19.6. The molecule has 5 nitrogen and oxygen atoms in total. The molecule has 3 rings (SSSR count). The van der Waals surface area contributed by atoms with Gasteiger partial charge < -0.3 is 5.32 Å². The maximum absolute atomic E-state index is 12.9. The van der Waals surface area contributed by atoms with Gasteiger partial charge in [0.15, 0.2) is 0 Å². The Bertz CT molecular complexity index is 941. The van der Waals surface area contributed by atoms with E-state index in [0.29, 0.717) is 24.3 Å². The topological polar surface area (TPSA) is 66.5 Å². The first-order valence-electron chi connectivity index (χ1n) is 9.28. The number of nitrogens with one attached hydrogen (secondary N) is 1. The summed E-state index contributed by atoms with van der Waals surface area (Å²) in [5.41, 5.74) is 3.95. The average molecular weight is 387 g/mol. The number of anilines is 1. The largest absolute Gasteiger partial charge is 0.322 e. The van der Waals surface area contributed by atoms with Crippen LogP contribution in [0.25, 0.3) is 0 Å². The van der Waals surface area contributed by atoms with Gasteiger partial charge in [0, 0.05) is 24.3 Å². The molecular weight excluding hydrogens is 360 g/mol. The molecule has 0 unspecified atom stereocenters. The minimum atomic E-state index is -3.57. The van der Waals surface area contributed by atoms with Crippen LogP contribution >= 0.6 is 0 Å². The fourth-order valence-corrected chi connectivity index (χ4v) is 5.05. The highest BCUT2D eigenvalue weighted by atomic mass is 32.2. The van der Waals surface area contributed by atoms with E-state index in [4.69, 9.17) is 0 Å². The van der Waals surface area contributed by atoms with Crippen LogP contribution in [0, 0.1) is 20.8 Å². The molecule has 0 aliphatic carbocycles. The van der Waals surface area contributed by atoms with E-state index < -0.39 is 10.0 Å². The summed E-state index contributed by atoms with van der Waals surface area (Å²) in [5.74, 6) is -0.298. The van der Waals surface area contributed by atoms with E-state index in [9.17, 15) is 13.2 Å². The number of rotatable bonds is 4. The summed E-state index contributed by atoms with van der Waals surface area (Å²) in [6, 6.07) is 10.6. The second-order valence-corrected chi connectivity index (χ2v) is 9.21. The van der Waals surface area contributed by atoms with Gasteiger partial charge in [-0.05, 0) is 74.6 Å². The lowest BCUT2D eigenvalue weighted by Gasteiger charge is -2.26. The maximum atomic E-state index is 12.9. The van der Waals surface area contributed by atoms with E-state index in [-0.39, 0.29) is 10.8 Å². The van der Waals surface area contributed by atoms with Gasteiger partial charge in [-0.15, -0.1) is 0 Å². The van der Waals surface area contributed by atoms with Gasteiger partial charge in [-0.3, -0.25) is 4.79 Å². The number of nitrogens with zero attached hydrogens (tertiary/aromatic N) is 1. The summed E-state index contributed by atoms with van der Waals surface area (Å²) >= 11 is 0. The highest BCUT2D eigenvalue weighted by molar-refractivity contribution is 7.89. The Morgan fingerprint density at radius 1 is 0.926 bits per heavy atom. The zero-order valence-electron chi connectivity index (χ0n) is 16.1. The quantitative estimate of drug-likeness (QED) is 0.862. The molecule has 1 N–H and O–H groups in total. The number of carbonyl (C=O) groups is 1. The minimum absolute atomic E-state index is 0.181. The third-order valence-corrected chi connectivity index (χ3v) is 6.78. The number of carbonyl (C=O) groups excluding carboxylic acids is 1. The molecule has 144 valence electrons. The van der Waals surface area contributed by atoms with Crippen molar-refractivity contribution in [3.63, 3.8) is 0 Å². The van der Waals surface area contributed by atoms with Crippen LogP contribution in [-0.2, 0) is 10.0 Å². The van der Waals surface area contributed by atoms with Crippen LogP contribution in [0.5, 0.6) is 0 Å². The van der Waals surface area contributed by atoms with Crippen molar-refractivity contribution >= 4 is 21.6 Å². The smallest absolute Gasteiger partial charge is 0.255 e. The highest BCUT2D eigenvalue weighted by Crippen LogP contribution is 2.24. The zero-order valence-corrected chi connectivity index (χ0v) is 16.9. The van der Waals surface area contributed by atoms with E-state index in [1.165, 1.54) is 10.4 Å². The lowest BCUT2D eigenvalue weighted by Crippen LogP contribution is -2.35. The molecule has 27 heavy (non-hydrogen) atoms. The number of sulfonamides is 1. The summed E-state index contributed by atoms with van der Waals surface area (Å²) in [7, 11) is -3.57. The molecule has 6 heteroatoms.